The zero-order valence-electron chi connectivity index (χ0n) is 10.1. The van der Waals surface area contributed by atoms with E-state index in [2.05, 4.69) is 5.32 Å². The molecule has 0 aromatic heterocycles. The van der Waals surface area contributed by atoms with Gasteiger partial charge < -0.3 is 5.32 Å². The minimum Gasteiger partial charge on any atom is -0.353 e. The average Bonchev–Trinajstić information content (AvgIpc) is 2.41. The molecule has 0 radical (unpaired) electrons. The summed E-state index contributed by atoms with van der Waals surface area (Å²) in [6.07, 6.45) is 0. The lowest BCUT2D eigenvalue weighted by atomic mass is 10.2. The molecule has 2 aromatic rings. The van der Waals surface area contributed by atoms with Gasteiger partial charge in [0, 0.05) is 0 Å². The van der Waals surface area contributed by atoms with Crippen molar-refractivity contribution in [1.82, 2.24) is 0 Å². The van der Waals surface area contributed by atoms with E-state index in [-0.39, 0.29) is 0 Å². The van der Waals surface area contributed by atoms with E-state index in [1.165, 1.54) is 0 Å². The monoisotopic (exact) mass is 365 g/mol. The molecular weight excluding hydrogens is 360 g/mol. The summed E-state index contributed by atoms with van der Waals surface area (Å²) in [5.74, 6) is 0. The number of hydrogen-bond donors (Lipinski definition) is 1. The second-order valence-corrected chi connectivity index (χ2v) is 7.34. The van der Waals surface area contributed by atoms with Crippen LogP contribution in [0.25, 0.3) is 0 Å². The Balaban J connectivity index is 2.28. The molecule has 0 saturated carbocycles. The molecule has 3 rings (SSSR count). The maximum atomic E-state index is 12.7. The van der Waals surface area contributed by atoms with Crippen LogP contribution in [0.2, 0.25) is 20.1 Å². The lowest BCUT2D eigenvalue weighted by Gasteiger charge is -2.24. The molecule has 0 amide bonds. The molecule has 2 nitrogen and oxygen atoms in total. The molecule has 1 N–H and O–H groups in total. The fourth-order valence-electron chi connectivity index (χ4n) is 2.06. The molecule has 0 aliphatic carbocycles. The van der Waals surface area contributed by atoms with Gasteiger partial charge >= 0.3 is 0 Å². The Hall–Kier alpha value is -0.450. The third-order valence-corrected chi connectivity index (χ3v) is 6.16. The lowest BCUT2D eigenvalue weighted by Crippen LogP contribution is -2.10. The van der Waals surface area contributed by atoms with Gasteiger partial charge in [-0.3, -0.25) is 0 Å². The number of hydrogen-bond acceptors (Lipinski definition) is 2. The Morgan fingerprint density at radius 3 is 2.25 bits per heavy atom. The second-order valence-electron chi connectivity index (χ2n) is 4.33. The first-order valence-electron chi connectivity index (χ1n) is 5.56. The Bertz CT molecular complexity index is 776. The highest BCUT2D eigenvalue weighted by Crippen LogP contribution is 2.45. The van der Waals surface area contributed by atoms with Crippen LogP contribution in [-0.2, 0) is 10.8 Å². The van der Waals surface area contributed by atoms with Gasteiger partial charge in [0.15, 0.2) is 0 Å². The van der Waals surface area contributed by atoms with E-state index in [1.54, 1.807) is 18.2 Å². The zero-order chi connectivity index (χ0) is 14.6. The van der Waals surface area contributed by atoms with Crippen molar-refractivity contribution in [3.8, 4) is 0 Å². The molecule has 1 atom stereocenters. The first-order chi connectivity index (χ1) is 9.40. The molecule has 1 heterocycles. The van der Waals surface area contributed by atoms with Crippen molar-refractivity contribution < 1.29 is 4.21 Å². The molecule has 1 unspecified atom stereocenters. The van der Waals surface area contributed by atoms with Crippen LogP contribution < -0.4 is 5.32 Å². The minimum absolute atomic E-state index is 0.362. The summed E-state index contributed by atoms with van der Waals surface area (Å²) >= 11 is 24.2. The smallest absolute Gasteiger partial charge is 0.0893 e. The summed E-state index contributed by atoms with van der Waals surface area (Å²) in [7, 11) is -1.39. The number of anilines is 2. The van der Waals surface area contributed by atoms with Crippen LogP contribution in [0.5, 0.6) is 0 Å². The highest BCUT2D eigenvalue weighted by Gasteiger charge is 2.26. The summed E-state index contributed by atoms with van der Waals surface area (Å²) in [6, 6.07) is 4.87. The van der Waals surface area contributed by atoms with Crippen molar-refractivity contribution in [3.63, 3.8) is 0 Å². The summed E-state index contributed by atoms with van der Waals surface area (Å²) in [4.78, 5) is 1.16. The average molecular weight is 367 g/mol. The minimum atomic E-state index is -1.39. The summed E-state index contributed by atoms with van der Waals surface area (Å²) in [5, 5.41) is 4.78. The Kier molecular flexibility index (Phi) is 3.68. The molecular formula is C13H7Cl4NOS. The largest absolute Gasteiger partial charge is 0.353 e. The fraction of sp³-hybridized carbons (Fsp3) is 0.0769. The lowest BCUT2D eigenvalue weighted by molar-refractivity contribution is 0.683. The molecule has 7 heteroatoms. The van der Waals surface area contributed by atoms with Gasteiger partial charge in [0.25, 0.3) is 0 Å². The van der Waals surface area contributed by atoms with Gasteiger partial charge in [0.1, 0.15) is 0 Å². The molecule has 0 saturated heterocycles. The summed E-state index contributed by atoms with van der Waals surface area (Å²) in [6.45, 7) is 1.82. The van der Waals surface area contributed by atoms with E-state index in [9.17, 15) is 4.21 Å². The maximum absolute atomic E-state index is 12.7. The standard InChI is InChI=1S/C13H7Cl4NOS/c1-5-12(17)8(16)4-11-13(5)18-9-2-6(14)7(15)3-10(9)20(11)19/h2-4,18H,1H3. The topological polar surface area (TPSA) is 29.1 Å². The number of halogens is 4. The van der Waals surface area contributed by atoms with Gasteiger partial charge in [-0.2, -0.15) is 0 Å². The molecule has 104 valence electrons. The van der Waals surface area contributed by atoms with E-state index in [0.717, 1.165) is 5.56 Å². The van der Waals surface area contributed by atoms with Gasteiger partial charge in [-0.05, 0) is 30.7 Å². The quantitative estimate of drug-likeness (QED) is 0.542. The molecule has 0 bridgehead atoms. The van der Waals surface area contributed by atoms with Crippen LogP contribution >= 0.6 is 46.4 Å². The normalized spacial score (nSPS) is 16.4. The van der Waals surface area contributed by atoms with Crippen LogP contribution in [0.4, 0.5) is 11.4 Å². The first kappa shape index (κ1) is 14.5. The maximum Gasteiger partial charge on any atom is 0.0893 e. The fourth-order valence-corrected chi connectivity index (χ4v) is 4.30. The second kappa shape index (κ2) is 5.08. The van der Waals surface area contributed by atoms with Crippen molar-refractivity contribution in [2.24, 2.45) is 0 Å². The van der Waals surface area contributed by atoms with E-state index < -0.39 is 10.8 Å². The van der Waals surface area contributed by atoms with Crippen LogP contribution in [-0.4, -0.2) is 4.21 Å². The first-order valence-corrected chi connectivity index (χ1v) is 8.22. The Morgan fingerprint density at radius 1 is 0.950 bits per heavy atom. The summed E-state index contributed by atoms with van der Waals surface area (Å²) in [5.41, 5.74) is 2.11. The molecule has 0 fully saturated rings. The number of rotatable bonds is 0. The van der Waals surface area contributed by atoms with E-state index in [1.807, 2.05) is 6.92 Å². The van der Waals surface area contributed by atoms with Crippen molar-refractivity contribution >= 4 is 68.6 Å². The van der Waals surface area contributed by atoms with Crippen LogP contribution in [0.3, 0.4) is 0 Å². The van der Waals surface area contributed by atoms with E-state index >= 15 is 0 Å². The SMILES string of the molecule is Cc1c(Cl)c(Cl)cc2c1Nc1cc(Cl)c(Cl)cc1S2=O. The van der Waals surface area contributed by atoms with Crippen molar-refractivity contribution in [2.75, 3.05) is 5.32 Å². The van der Waals surface area contributed by atoms with Gasteiger partial charge in [-0.1, -0.05) is 46.4 Å². The van der Waals surface area contributed by atoms with Gasteiger partial charge in [0.2, 0.25) is 0 Å². The summed E-state index contributed by atoms with van der Waals surface area (Å²) < 4.78 is 12.7. The zero-order valence-corrected chi connectivity index (χ0v) is 13.9. The third-order valence-electron chi connectivity index (χ3n) is 3.10. The number of fused-ring (bicyclic) bond motifs is 2. The molecule has 1 aliphatic heterocycles. The van der Waals surface area contributed by atoms with E-state index in [0.29, 0.717) is 41.3 Å². The van der Waals surface area contributed by atoms with Crippen LogP contribution in [0, 0.1) is 6.92 Å². The van der Waals surface area contributed by atoms with Gasteiger partial charge in [-0.15, -0.1) is 0 Å². The van der Waals surface area contributed by atoms with Gasteiger partial charge in [-0.25, -0.2) is 4.21 Å². The Morgan fingerprint density at radius 2 is 1.55 bits per heavy atom. The van der Waals surface area contributed by atoms with Crippen LogP contribution in [0.15, 0.2) is 28.0 Å². The number of nitrogens with one attached hydrogen (secondary N) is 1. The van der Waals surface area contributed by atoms with E-state index in [4.69, 9.17) is 46.4 Å². The predicted octanol–water partition coefficient (Wildman–Crippen LogP) is 5.83. The molecule has 1 aliphatic rings. The van der Waals surface area contributed by atoms with Crippen LogP contribution in [0.1, 0.15) is 5.56 Å². The predicted molar refractivity (Wildman–Crippen MR) is 85.6 cm³/mol. The van der Waals surface area contributed by atoms with Crippen molar-refractivity contribution in [2.45, 2.75) is 16.7 Å². The molecule has 0 spiro atoms. The van der Waals surface area contributed by atoms with Crippen molar-refractivity contribution in [1.29, 1.82) is 0 Å². The molecule has 20 heavy (non-hydrogen) atoms. The highest BCUT2D eigenvalue weighted by atomic mass is 35.5. The highest BCUT2D eigenvalue weighted by molar-refractivity contribution is 7.85. The van der Waals surface area contributed by atoms with Gasteiger partial charge in [0.05, 0.1) is 52.1 Å². The Labute approximate surface area is 138 Å². The third kappa shape index (κ3) is 2.13. The molecule has 2 aromatic carbocycles. The van der Waals surface area contributed by atoms with Crippen molar-refractivity contribution in [3.05, 3.63) is 43.9 Å². The number of benzene rings is 2.